The molecular weight excluding hydrogens is 191 g/mol. The average Bonchev–Trinajstić information content (AvgIpc) is 1.97. The van der Waals surface area contributed by atoms with Crippen LogP contribution in [0.3, 0.4) is 0 Å². The van der Waals surface area contributed by atoms with Crippen molar-refractivity contribution in [1.82, 2.24) is 5.32 Å². The molecule has 0 aliphatic heterocycles. The van der Waals surface area contributed by atoms with Gasteiger partial charge >= 0.3 is 6.18 Å². The lowest BCUT2D eigenvalue weighted by atomic mass is 10.4. The Morgan fingerprint density at radius 3 is 2.42 bits per heavy atom. The Hall–Kier alpha value is -0.650. The van der Waals surface area contributed by atoms with Crippen molar-refractivity contribution in [3.8, 4) is 0 Å². The predicted octanol–water partition coefficient (Wildman–Crippen LogP) is 1.50. The molecule has 0 spiro atoms. The zero-order valence-electron chi connectivity index (χ0n) is 6.27. The van der Waals surface area contributed by atoms with Crippen LogP contribution in [-0.4, -0.2) is 18.6 Å². The zero-order chi connectivity index (χ0) is 9.78. The molecule has 1 N–H and O–H groups in total. The molecule has 0 saturated heterocycles. The molecule has 70 valence electrons. The largest absolute Gasteiger partial charge is 0.405 e. The van der Waals surface area contributed by atoms with Crippen molar-refractivity contribution in [2.75, 3.05) is 6.54 Å². The molecule has 0 atom stereocenters. The summed E-state index contributed by atoms with van der Waals surface area (Å²) in [5, 5.41) is 1.66. The van der Waals surface area contributed by atoms with Crippen molar-refractivity contribution >= 4 is 18.5 Å². The predicted molar refractivity (Wildman–Crippen MR) is 41.8 cm³/mol. The molecule has 0 saturated carbocycles. The van der Waals surface area contributed by atoms with Crippen LogP contribution in [0.1, 0.15) is 6.92 Å². The molecule has 0 aliphatic carbocycles. The van der Waals surface area contributed by atoms with Crippen molar-refractivity contribution in [2.45, 2.75) is 13.1 Å². The summed E-state index contributed by atoms with van der Waals surface area (Å²) >= 11 is 3.64. The minimum Gasteiger partial charge on any atom is -0.342 e. The number of allylic oxidation sites excluding steroid dienone is 1. The highest BCUT2D eigenvalue weighted by Crippen LogP contribution is 2.12. The number of halogens is 3. The summed E-state index contributed by atoms with van der Waals surface area (Å²) < 4.78 is 34.6. The van der Waals surface area contributed by atoms with E-state index in [-0.39, 0.29) is 4.91 Å². The van der Waals surface area contributed by atoms with E-state index in [1.54, 1.807) is 5.32 Å². The van der Waals surface area contributed by atoms with Crippen LogP contribution in [0.2, 0.25) is 0 Å². The molecular formula is C6H8F3NOS. The average molecular weight is 199 g/mol. The van der Waals surface area contributed by atoms with Crippen LogP contribution < -0.4 is 5.32 Å². The molecule has 0 unspecified atom stereocenters. The van der Waals surface area contributed by atoms with Gasteiger partial charge in [0.15, 0.2) is 0 Å². The number of hydrogen-bond donors (Lipinski definition) is 2. The number of hydrogen-bond acceptors (Lipinski definition) is 2. The highest BCUT2D eigenvalue weighted by Gasteiger charge is 2.27. The summed E-state index contributed by atoms with van der Waals surface area (Å²) in [6.45, 7) is 0.180. The minimum absolute atomic E-state index is 0.0285. The summed E-state index contributed by atoms with van der Waals surface area (Å²) in [6.07, 6.45) is -3.06. The normalized spacial score (nSPS) is 12.9. The second kappa shape index (κ2) is 4.39. The summed E-state index contributed by atoms with van der Waals surface area (Å²) in [6, 6.07) is 0. The van der Waals surface area contributed by atoms with Crippen molar-refractivity contribution in [3.05, 3.63) is 11.0 Å². The van der Waals surface area contributed by atoms with E-state index in [2.05, 4.69) is 12.6 Å². The summed E-state index contributed by atoms with van der Waals surface area (Å²) in [4.78, 5) is 10.6. The molecule has 0 radical (unpaired) electrons. The van der Waals surface area contributed by atoms with Crippen molar-refractivity contribution in [1.29, 1.82) is 0 Å². The third-order valence-corrected chi connectivity index (χ3v) is 1.42. The molecule has 0 aromatic carbocycles. The monoisotopic (exact) mass is 199 g/mol. The fourth-order valence-electron chi connectivity index (χ4n) is 0.402. The maximum Gasteiger partial charge on any atom is 0.405 e. The maximum atomic E-state index is 11.5. The molecule has 0 fully saturated rings. The van der Waals surface area contributed by atoms with E-state index < -0.39 is 18.6 Å². The van der Waals surface area contributed by atoms with E-state index in [0.29, 0.717) is 0 Å². The summed E-state index contributed by atoms with van der Waals surface area (Å²) in [7, 11) is 0. The van der Waals surface area contributed by atoms with E-state index in [9.17, 15) is 18.0 Å². The molecule has 1 amide bonds. The summed E-state index contributed by atoms with van der Waals surface area (Å²) in [5.74, 6) is -0.821. The van der Waals surface area contributed by atoms with Crippen LogP contribution in [0.25, 0.3) is 0 Å². The molecule has 2 nitrogen and oxygen atoms in total. The number of carbonyl (C=O) groups is 1. The first-order chi connectivity index (χ1) is 5.37. The van der Waals surface area contributed by atoms with Crippen LogP contribution in [0.15, 0.2) is 11.0 Å². The van der Waals surface area contributed by atoms with E-state index in [4.69, 9.17) is 0 Å². The summed E-state index contributed by atoms with van der Waals surface area (Å²) in [5.41, 5.74) is 0. The van der Waals surface area contributed by atoms with Gasteiger partial charge in [0.25, 0.3) is 5.91 Å². The molecule has 0 aromatic rings. The molecule has 0 aliphatic rings. The number of amides is 1. The molecule has 0 rings (SSSR count). The third kappa shape index (κ3) is 5.06. The zero-order valence-corrected chi connectivity index (χ0v) is 7.17. The van der Waals surface area contributed by atoms with E-state index in [1.807, 2.05) is 0 Å². The van der Waals surface area contributed by atoms with Crippen molar-refractivity contribution in [3.63, 3.8) is 0 Å². The number of thiol groups is 1. The van der Waals surface area contributed by atoms with Crippen LogP contribution in [0, 0.1) is 0 Å². The van der Waals surface area contributed by atoms with Gasteiger partial charge in [0, 0.05) is 0 Å². The molecule has 0 aromatic heterocycles. The molecule has 0 heterocycles. The Morgan fingerprint density at radius 1 is 1.58 bits per heavy atom. The van der Waals surface area contributed by atoms with Gasteiger partial charge in [0.2, 0.25) is 0 Å². The Morgan fingerprint density at radius 2 is 2.08 bits per heavy atom. The maximum absolute atomic E-state index is 11.5. The lowest BCUT2D eigenvalue weighted by molar-refractivity contribution is -0.135. The first-order valence-electron chi connectivity index (χ1n) is 3.07. The van der Waals surface area contributed by atoms with Crippen LogP contribution in [0.4, 0.5) is 13.2 Å². The minimum atomic E-state index is -4.38. The van der Waals surface area contributed by atoms with Crippen molar-refractivity contribution in [2.24, 2.45) is 0 Å². The van der Waals surface area contributed by atoms with Gasteiger partial charge in [-0.15, -0.1) is 12.6 Å². The van der Waals surface area contributed by atoms with Crippen molar-refractivity contribution < 1.29 is 18.0 Å². The standard InChI is InChI=1S/C6H8F3NOS/c1-2-4(12)5(11)10-3-6(7,8)9/h2,12H,3H2,1H3,(H,10,11)/b4-2-. The van der Waals surface area contributed by atoms with Gasteiger partial charge in [-0.3, -0.25) is 4.79 Å². The molecule has 12 heavy (non-hydrogen) atoms. The van der Waals surface area contributed by atoms with Gasteiger partial charge in [0.1, 0.15) is 6.54 Å². The molecule has 6 heteroatoms. The SMILES string of the molecule is C/C=C(\S)C(=O)NCC(F)(F)F. The van der Waals surface area contributed by atoms with Gasteiger partial charge in [-0.2, -0.15) is 13.2 Å². The fraction of sp³-hybridized carbons (Fsp3) is 0.500. The van der Waals surface area contributed by atoms with E-state index in [1.165, 1.54) is 13.0 Å². The lowest BCUT2D eigenvalue weighted by Crippen LogP contribution is -2.33. The number of rotatable bonds is 2. The number of nitrogens with one attached hydrogen (secondary N) is 1. The quantitative estimate of drug-likeness (QED) is 0.512. The van der Waals surface area contributed by atoms with Crippen LogP contribution in [0.5, 0.6) is 0 Å². The Kier molecular flexibility index (Phi) is 4.16. The second-order valence-electron chi connectivity index (χ2n) is 1.97. The molecule has 0 bridgehead atoms. The number of carbonyl (C=O) groups excluding carboxylic acids is 1. The highest BCUT2D eigenvalue weighted by molar-refractivity contribution is 7.85. The van der Waals surface area contributed by atoms with Crippen LogP contribution in [-0.2, 0) is 4.79 Å². The van der Waals surface area contributed by atoms with Gasteiger partial charge in [-0.1, -0.05) is 6.08 Å². The Labute approximate surface area is 73.2 Å². The van der Waals surface area contributed by atoms with Crippen LogP contribution >= 0.6 is 12.6 Å². The second-order valence-corrected chi connectivity index (χ2v) is 2.45. The fourth-order valence-corrected chi connectivity index (χ4v) is 0.481. The number of alkyl halides is 3. The first-order valence-corrected chi connectivity index (χ1v) is 3.52. The van der Waals surface area contributed by atoms with E-state index >= 15 is 0 Å². The highest BCUT2D eigenvalue weighted by atomic mass is 32.1. The Bertz CT molecular complexity index is 199. The Balaban J connectivity index is 3.89. The van der Waals surface area contributed by atoms with Gasteiger partial charge in [-0.05, 0) is 6.92 Å². The topological polar surface area (TPSA) is 29.1 Å². The third-order valence-electron chi connectivity index (χ3n) is 0.955. The smallest absolute Gasteiger partial charge is 0.342 e. The van der Waals surface area contributed by atoms with Gasteiger partial charge in [0.05, 0.1) is 4.91 Å². The lowest BCUT2D eigenvalue weighted by Gasteiger charge is -2.07. The first kappa shape index (κ1) is 11.4. The van der Waals surface area contributed by atoms with Gasteiger partial charge in [-0.25, -0.2) is 0 Å². The van der Waals surface area contributed by atoms with E-state index in [0.717, 1.165) is 0 Å². The van der Waals surface area contributed by atoms with Gasteiger partial charge < -0.3 is 5.32 Å².